The standard InChI is InChI=1S/C10H7N3O4S/c14-8-2-1-6(13(16)17)3-5(8)4-7-9(15)12-10(18)11-7/h1-4,14H,(H2,11,12,15,18)/b7-4+. The minimum Gasteiger partial charge on any atom is -0.507 e. The van der Waals surface area contributed by atoms with Gasteiger partial charge in [-0.05, 0) is 24.4 Å². The SMILES string of the molecule is O=C1NC(=S)N/C1=C/c1cc([N+](=O)[O-])ccc1O. The van der Waals surface area contributed by atoms with Crippen molar-refractivity contribution in [3.05, 3.63) is 39.6 Å². The summed E-state index contributed by atoms with van der Waals surface area (Å²) in [5, 5.41) is 25.2. The predicted molar refractivity (Wildman–Crippen MR) is 66.6 cm³/mol. The zero-order valence-corrected chi connectivity index (χ0v) is 9.65. The monoisotopic (exact) mass is 265 g/mol. The highest BCUT2D eigenvalue weighted by Crippen LogP contribution is 2.25. The van der Waals surface area contributed by atoms with Crippen molar-refractivity contribution < 1.29 is 14.8 Å². The average Bonchev–Trinajstić information content (AvgIpc) is 2.60. The Morgan fingerprint density at radius 3 is 2.67 bits per heavy atom. The van der Waals surface area contributed by atoms with E-state index < -0.39 is 10.8 Å². The molecular weight excluding hydrogens is 258 g/mol. The molecule has 1 aromatic carbocycles. The second-order valence-corrected chi connectivity index (χ2v) is 3.87. The minimum atomic E-state index is -0.589. The van der Waals surface area contributed by atoms with Crippen LogP contribution in [0.5, 0.6) is 5.75 Å². The van der Waals surface area contributed by atoms with Gasteiger partial charge in [-0.1, -0.05) is 0 Å². The second kappa shape index (κ2) is 4.41. The fourth-order valence-electron chi connectivity index (χ4n) is 1.41. The Morgan fingerprint density at radius 2 is 2.11 bits per heavy atom. The summed E-state index contributed by atoms with van der Waals surface area (Å²) in [6.07, 6.45) is 1.29. The third-order valence-corrected chi connectivity index (χ3v) is 2.45. The van der Waals surface area contributed by atoms with Crippen molar-refractivity contribution in [3.63, 3.8) is 0 Å². The Bertz CT molecular complexity index is 597. The topological polar surface area (TPSA) is 104 Å². The number of nitro groups is 1. The van der Waals surface area contributed by atoms with Gasteiger partial charge < -0.3 is 10.4 Å². The van der Waals surface area contributed by atoms with Gasteiger partial charge in [-0.2, -0.15) is 0 Å². The Balaban J connectivity index is 2.42. The maximum absolute atomic E-state index is 11.4. The molecule has 2 rings (SSSR count). The van der Waals surface area contributed by atoms with Crippen LogP contribution in [0.1, 0.15) is 5.56 Å². The van der Waals surface area contributed by atoms with Gasteiger partial charge in [0.25, 0.3) is 11.6 Å². The van der Waals surface area contributed by atoms with Crippen LogP contribution in [0.3, 0.4) is 0 Å². The number of benzene rings is 1. The van der Waals surface area contributed by atoms with Gasteiger partial charge in [0.15, 0.2) is 5.11 Å². The summed E-state index contributed by atoms with van der Waals surface area (Å²) >= 11 is 4.73. The number of phenols is 1. The first kappa shape index (κ1) is 12.0. The average molecular weight is 265 g/mol. The molecule has 0 bridgehead atoms. The van der Waals surface area contributed by atoms with Crippen LogP contribution in [0.25, 0.3) is 6.08 Å². The van der Waals surface area contributed by atoms with E-state index in [1.165, 1.54) is 24.3 Å². The number of carbonyl (C=O) groups is 1. The number of phenolic OH excluding ortho intramolecular Hbond substituents is 1. The zero-order valence-electron chi connectivity index (χ0n) is 8.84. The number of amides is 1. The van der Waals surface area contributed by atoms with Gasteiger partial charge >= 0.3 is 0 Å². The van der Waals surface area contributed by atoms with Gasteiger partial charge in [-0.3, -0.25) is 20.2 Å². The third-order valence-electron chi connectivity index (χ3n) is 2.24. The van der Waals surface area contributed by atoms with E-state index in [4.69, 9.17) is 12.2 Å². The van der Waals surface area contributed by atoms with Gasteiger partial charge in [0, 0.05) is 17.7 Å². The summed E-state index contributed by atoms with van der Waals surface area (Å²) in [6.45, 7) is 0. The first-order chi connectivity index (χ1) is 8.47. The lowest BCUT2D eigenvalue weighted by molar-refractivity contribution is -0.384. The molecule has 1 aliphatic rings. The van der Waals surface area contributed by atoms with Crippen molar-refractivity contribution in [2.24, 2.45) is 0 Å². The van der Waals surface area contributed by atoms with E-state index in [1.54, 1.807) is 0 Å². The molecular formula is C10H7N3O4S. The largest absolute Gasteiger partial charge is 0.507 e. The molecule has 0 aromatic heterocycles. The molecule has 7 nitrogen and oxygen atoms in total. The van der Waals surface area contributed by atoms with Crippen LogP contribution in [0.4, 0.5) is 5.69 Å². The van der Waals surface area contributed by atoms with Crippen LogP contribution in [-0.4, -0.2) is 21.0 Å². The van der Waals surface area contributed by atoms with E-state index in [2.05, 4.69) is 10.6 Å². The first-order valence-corrected chi connectivity index (χ1v) is 5.19. The molecule has 0 saturated carbocycles. The van der Waals surface area contributed by atoms with E-state index in [1.807, 2.05) is 0 Å². The van der Waals surface area contributed by atoms with E-state index in [0.29, 0.717) is 0 Å². The Hall–Kier alpha value is -2.48. The Kier molecular flexibility index (Phi) is 2.94. The molecule has 1 fully saturated rings. The smallest absolute Gasteiger partial charge is 0.273 e. The molecule has 8 heteroatoms. The van der Waals surface area contributed by atoms with Crippen molar-refractivity contribution in [2.75, 3.05) is 0 Å². The summed E-state index contributed by atoms with van der Waals surface area (Å²) in [7, 11) is 0. The number of nitrogens with zero attached hydrogens (tertiary/aromatic N) is 1. The molecule has 92 valence electrons. The molecule has 0 spiro atoms. The third kappa shape index (κ3) is 2.28. The maximum Gasteiger partial charge on any atom is 0.273 e. The van der Waals surface area contributed by atoms with Crippen molar-refractivity contribution >= 4 is 35.0 Å². The summed E-state index contributed by atoms with van der Waals surface area (Å²) in [6, 6.07) is 3.53. The molecule has 0 unspecified atom stereocenters. The van der Waals surface area contributed by atoms with Gasteiger partial charge in [0.2, 0.25) is 0 Å². The van der Waals surface area contributed by atoms with Crippen LogP contribution in [0, 0.1) is 10.1 Å². The van der Waals surface area contributed by atoms with Crippen LogP contribution < -0.4 is 10.6 Å². The fraction of sp³-hybridized carbons (Fsp3) is 0. The van der Waals surface area contributed by atoms with E-state index >= 15 is 0 Å². The van der Waals surface area contributed by atoms with Crippen LogP contribution >= 0.6 is 12.2 Å². The lowest BCUT2D eigenvalue weighted by Crippen LogP contribution is -2.21. The predicted octanol–water partition coefficient (Wildman–Crippen LogP) is 0.646. The Labute approximate surface area is 106 Å². The van der Waals surface area contributed by atoms with Crippen LogP contribution in [0.2, 0.25) is 0 Å². The van der Waals surface area contributed by atoms with Crippen molar-refractivity contribution in [1.29, 1.82) is 0 Å². The molecule has 3 N–H and O–H groups in total. The summed E-state index contributed by atoms with van der Waals surface area (Å²) < 4.78 is 0. The molecule has 0 radical (unpaired) electrons. The van der Waals surface area contributed by atoms with Crippen LogP contribution in [-0.2, 0) is 4.79 Å². The molecule has 1 aliphatic heterocycles. The van der Waals surface area contributed by atoms with Gasteiger partial charge in [0.1, 0.15) is 11.4 Å². The number of nitrogens with one attached hydrogen (secondary N) is 2. The van der Waals surface area contributed by atoms with Crippen molar-refractivity contribution in [2.45, 2.75) is 0 Å². The molecule has 1 aromatic rings. The van der Waals surface area contributed by atoms with Gasteiger partial charge in [-0.25, -0.2) is 0 Å². The number of hydrogen-bond donors (Lipinski definition) is 3. The fourth-order valence-corrected chi connectivity index (χ4v) is 1.61. The number of non-ortho nitro benzene ring substituents is 1. The quantitative estimate of drug-likeness (QED) is 0.314. The van der Waals surface area contributed by atoms with Gasteiger partial charge in [0.05, 0.1) is 4.92 Å². The number of thiocarbonyl (C=S) groups is 1. The highest BCUT2D eigenvalue weighted by molar-refractivity contribution is 7.80. The molecule has 1 saturated heterocycles. The second-order valence-electron chi connectivity index (χ2n) is 3.47. The van der Waals surface area contributed by atoms with E-state index in [0.717, 1.165) is 0 Å². The molecule has 1 heterocycles. The number of aromatic hydroxyl groups is 1. The molecule has 18 heavy (non-hydrogen) atoms. The van der Waals surface area contributed by atoms with E-state index in [9.17, 15) is 20.0 Å². The highest BCUT2D eigenvalue weighted by atomic mass is 32.1. The Morgan fingerprint density at radius 1 is 1.39 bits per heavy atom. The normalized spacial score (nSPS) is 16.6. The number of carbonyl (C=O) groups excluding carboxylic acids is 1. The minimum absolute atomic E-state index is 0.121. The number of nitro benzene ring substituents is 1. The van der Waals surface area contributed by atoms with Crippen molar-refractivity contribution in [3.8, 4) is 5.75 Å². The van der Waals surface area contributed by atoms with Gasteiger partial charge in [-0.15, -0.1) is 0 Å². The molecule has 0 aliphatic carbocycles. The van der Waals surface area contributed by atoms with Crippen molar-refractivity contribution in [1.82, 2.24) is 10.6 Å². The number of hydrogen-bond acceptors (Lipinski definition) is 5. The highest BCUT2D eigenvalue weighted by Gasteiger charge is 2.21. The molecule has 0 atom stereocenters. The summed E-state index contributed by atoms with van der Waals surface area (Å²) in [5.74, 6) is -0.619. The molecule has 1 amide bonds. The van der Waals surface area contributed by atoms with Crippen LogP contribution in [0.15, 0.2) is 23.9 Å². The lowest BCUT2D eigenvalue weighted by atomic mass is 10.1. The summed E-state index contributed by atoms with van der Waals surface area (Å²) in [5.41, 5.74) is 0.1000. The number of rotatable bonds is 2. The zero-order chi connectivity index (χ0) is 13.3. The first-order valence-electron chi connectivity index (χ1n) is 4.79. The van der Waals surface area contributed by atoms with E-state index in [-0.39, 0.29) is 27.8 Å². The maximum atomic E-state index is 11.4. The lowest BCUT2D eigenvalue weighted by Gasteiger charge is -2.00. The summed E-state index contributed by atoms with van der Waals surface area (Å²) in [4.78, 5) is 21.4.